The molecule has 0 saturated carbocycles. The molecule has 0 aliphatic heterocycles. The van der Waals surface area contributed by atoms with Crippen LogP contribution in [0.15, 0.2) is 17.3 Å². The van der Waals surface area contributed by atoms with Gasteiger partial charge in [0.1, 0.15) is 34.0 Å². The fourth-order valence-corrected chi connectivity index (χ4v) is 3.76. The summed E-state index contributed by atoms with van der Waals surface area (Å²) >= 11 is 4.13. The number of benzene rings is 2. The van der Waals surface area contributed by atoms with Gasteiger partial charge in [0.05, 0.1) is 5.56 Å². The predicted octanol–water partition coefficient (Wildman–Crippen LogP) is 4.37. The molecule has 0 amide bonds. The van der Waals surface area contributed by atoms with Crippen molar-refractivity contribution in [3.05, 3.63) is 41.0 Å². The fourth-order valence-electron chi connectivity index (χ4n) is 3.52. The van der Waals surface area contributed by atoms with Crippen molar-refractivity contribution in [3.8, 4) is 28.6 Å². The molecule has 0 spiro atoms. The van der Waals surface area contributed by atoms with Gasteiger partial charge in [-0.3, -0.25) is 4.57 Å². The zero-order chi connectivity index (χ0) is 22.8. The Bertz CT molecular complexity index is 1360. The van der Waals surface area contributed by atoms with Crippen LogP contribution < -0.4 is 0 Å². The maximum Gasteiger partial charge on any atom is 0.193 e. The molecule has 0 atom stereocenters. The van der Waals surface area contributed by atoms with Crippen LogP contribution in [0.3, 0.4) is 0 Å². The largest absolute Gasteiger partial charge is 0.508 e. The molecule has 2 N–H and O–H groups in total. The summed E-state index contributed by atoms with van der Waals surface area (Å²) in [4.78, 5) is 4.00. The molecule has 0 bridgehead atoms. The number of hydrogen-bond donors (Lipinski definition) is 3. The van der Waals surface area contributed by atoms with E-state index in [1.807, 2.05) is 13.8 Å². The van der Waals surface area contributed by atoms with E-state index in [-0.39, 0.29) is 45.1 Å². The standard InChI is InChI=1S/C20H18F3N5O2S/c1-7(2)9-5-10(12(30)6-11(9)29)19-25-26-20(31)28(19)17-13(21)14(22)18-16(15(17)23)24-8(3)27(18)4/h5-7,29-30H,1-4H3,(H,26,31). The van der Waals surface area contributed by atoms with Gasteiger partial charge >= 0.3 is 0 Å². The van der Waals surface area contributed by atoms with E-state index in [4.69, 9.17) is 0 Å². The number of nitrogens with zero attached hydrogens (tertiary/aromatic N) is 5. The number of rotatable bonds is 3. The number of fused-ring (bicyclic) bond motifs is 1. The number of phenols is 2. The zero-order valence-electron chi connectivity index (χ0n) is 16.9. The number of halogens is 3. The number of aromatic hydroxyl groups is 2. The van der Waals surface area contributed by atoms with Crippen LogP contribution >= 0.6 is 12.6 Å². The maximum atomic E-state index is 15.4. The highest BCUT2D eigenvalue weighted by atomic mass is 32.1. The van der Waals surface area contributed by atoms with Gasteiger partial charge in [-0.15, -0.1) is 22.8 Å². The molecule has 2 aromatic heterocycles. The minimum absolute atomic E-state index is 0.0332. The zero-order valence-corrected chi connectivity index (χ0v) is 17.8. The Balaban J connectivity index is 2.08. The van der Waals surface area contributed by atoms with Crippen molar-refractivity contribution in [2.45, 2.75) is 31.8 Å². The van der Waals surface area contributed by atoms with Crippen molar-refractivity contribution in [3.63, 3.8) is 0 Å². The first-order valence-electron chi connectivity index (χ1n) is 9.25. The predicted molar refractivity (Wildman–Crippen MR) is 110 cm³/mol. The van der Waals surface area contributed by atoms with Crippen molar-refractivity contribution in [1.29, 1.82) is 0 Å². The van der Waals surface area contributed by atoms with Crippen molar-refractivity contribution in [2.24, 2.45) is 7.05 Å². The van der Waals surface area contributed by atoms with Gasteiger partial charge in [0.15, 0.2) is 28.4 Å². The van der Waals surface area contributed by atoms with Crippen LogP contribution in [-0.2, 0) is 7.05 Å². The Hall–Kier alpha value is -3.21. The SMILES string of the molecule is Cc1nc2c(F)c(-n3c(S)nnc3-c3cc(C(C)C)c(O)cc3O)c(F)c(F)c2n1C. The first-order chi connectivity index (χ1) is 14.5. The van der Waals surface area contributed by atoms with Crippen molar-refractivity contribution in [1.82, 2.24) is 24.3 Å². The van der Waals surface area contributed by atoms with E-state index in [0.717, 1.165) is 10.6 Å². The third kappa shape index (κ3) is 3.02. The summed E-state index contributed by atoms with van der Waals surface area (Å²) < 4.78 is 47.6. The lowest BCUT2D eigenvalue weighted by molar-refractivity contribution is 0.444. The highest BCUT2D eigenvalue weighted by Crippen LogP contribution is 2.40. The summed E-state index contributed by atoms with van der Waals surface area (Å²) in [5.41, 5.74) is -0.997. The third-order valence-corrected chi connectivity index (χ3v) is 5.51. The van der Waals surface area contributed by atoms with Gasteiger partial charge in [-0.25, -0.2) is 18.2 Å². The molecule has 31 heavy (non-hydrogen) atoms. The lowest BCUT2D eigenvalue weighted by Crippen LogP contribution is -2.08. The molecule has 0 unspecified atom stereocenters. The number of hydrogen-bond acceptors (Lipinski definition) is 6. The lowest BCUT2D eigenvalue weighted by Gasteiger charge is -2.15. The van der Waals surface area contributed by atoms with E-state index < -0.39 is 28.9 Å². The molecule has 11 heteroatoms. The molecule has 0 aliphatic rings. The maximum absolute atomic E-state index is 15.4. The molecular weight excluding hydrogens is 431 g/mol. The van der Waals surface area contributed by atoms with Crippen LogP contribution in [0.4, 0.5) is 13.2 Å². The highest BCUT2D eigenvalue weighted by molar-refractivity contribution is 7.80. The van der Waals surface area contributed by atoms with E-state index in [1.54, 1.807) is 0 Å². The summed E-state index contributed by atoms with van der Waals surface area (Å²) in [6.45, 7) is 5.17. The number of thiol groups is 1. The molecule has 4 rings (SSSR count). The fraction of sp³-hybridized carbons (Fsp3) is 0.250. The van der Waals surface area contributed by atoms with E-state index in [9.17, 15) is 14.6 Å². The Kier molecular flexibility index (Phi) is 4.88. The average Bonchev–Trinajstić information content (AvgIpc) is 3.21. The van der Waals surface area contributed by atoms with Gasteiger partial charge in [-0.2, -0.15) is 0 Å². The summed E-state index contributed by atoms with van der Waals surface area (Å²) in [7, 11) is 1.45. The van der Waals surface area contributed by atoms with E-state index in [1.165, 1.54) is 24.6 Å². The van der Waals surface area contributed by atoms with Crippen molar-refractivity contribution < 1.29 is 23.4 Å². The van der Waals surface area contributed by atoms with Gasteiger partial charge in [-0.1, -0.05) is 13.8 Å². The topological polar surface area (TPSA) is 89.0 Å². The molecule has 7 nitrogen and oxygen atoms in total. The molecule has 0 fully saturated rings. The smallest absolute Gasteiger partial charge is 0.193 e. The Labute approximate surface area is 180 Å². The van der Waals surface area contributed by atoms with Crippen LogP contribution in [0.5, 0.6) is 11.5 Å². The van der Waals surface area contributed by atoms with Crippen LogP contribution in [0.25, 0.3) is 28.1 Å². The Morgan fingerprint density at radius 2 is 1.68 bits per heavy atom. The molecule has 162 valence electrons. The van der Waals surface area contributed by atoms with Crippen LogP contribution in [0.2, 0.25) is 0 Å². The third-order valence-electron chi connectivity index (χ3n) is 5.22. The minimum atomic E-state index is -1.48. The molecule has 0 aliphatic carbocycles. The second-order valence-corrected chi connectivity index (χ2v) is 7.85. The molecule has 2 heterocycles. The Morgan fingerprint density at radius 3 is 2.32 bits per heavy atom. The number of phenolic OH excluding ortho intramolecular Hbond substituents is 2. The van der Waals surface area contributed by atoms with Gasteiger partial charge < -0.3 is 14.8 Å². The van der Waals surface area contributed by atoms with E-state index >= 15 is 8.78 Å². The molecule has 4 aromatic rings. The monoisotopic (exact) mass is 449 g/mol. The minimum Gasteiger partial charge on any atom is -0.508 e. The second kappa shape index (κ2) is 7.19. The van der Waals surface area contributed by atoms with Gasteiger partial charge in [0.2, 0.25) is 0 Å². The van der Waals surface area contributed by atoms with E-state index in [2.05, 4.69) is 27.8 Å². The highest BCUT2D eigenvalue weighted by Gasteiger charge is 2.30. The van der Waals surface area contributed by atoms with Gasteiger partial charge in [-0.05, 0) is 24.5 Å². The number of imidazole rings is 1. The average molecular weight is 449 g/mol. The van der Waals surface area contributed by atoms with Gasteiger partial charge in [0, 0.05) is 13.1 Å². The van der Waals surface area contributed by atoms with Crippen LogP contribution in [0.1, 0.15) is 31.2 Å². The van der Waals surface area contributed by atoms with Crippen molar-refractivity contribution in [2.75, 3.05) is 0 Å². The number of aryl methyl sites for hydroxylation is 2. The molecule has 0 saturated heterocycles. The quantitative estimate of drug-likeness (QED) is 0.319. The van der Waals surface area contributed by atoms with Crippen LogP contribution in [0, 0.1) is 24.4 Å². The second-order valence-electron chi connectivity index (χ2n) is 7.45. The summed E-state index contributed by atoms with van der Waals surface area (Å²) in [5.74, 6) is -4.49. The first-order valence-corrected chi connectivity index (χ1v) is 9.69. The lowest BCUT2D eigenvalue weighted by atomic mass is 9.98. The van der Waals surface area contributed by atoms with E-state index in [0.29, 0.717) is 5.56 Å². The summed E-state index contributed by atoms with van der Waals surface area (Å²) in [6.07, 6.45) is 0. The molecular formula is C20H18F3N5O2S. The molecule has 0 radical (unpaired) electrons. The van der Waals surface area contributed by atoms with Gasteiger partial charge in [0.25, 0.3) is 0 Å². The van der Waals surface area contributed by atoms with Crippen molar-refractivity contribution >= 4 is 23.7 Å². The normalized spacial score (nSPS) is 11.8. The van der Waals surface area contributed by atoms with Crippen LogP contribution in [-0.4, -0.2) is 34.5 Å². The first kappa shape index (κ1) is 21.0. The number of aromatic nitrogens is 5. The summed E-state index contributed by atoms with van der Waals surface area (Å²) in [6, 6.07) is 2.53. The molecule has 2 aromatic carbocycles. The summed E-state index contributed by atoms with van der Waals surface area (Å²) in [5, 5.41) is 27.9. The Morgan fingerprint density at radius 1 is 1.00 bits per heavy atom.